The Labute approximate surface area is 139 Å². The summed E-state index contributed by atoms with van der Waals surface area (Å²) in [5, 5.41) is 1.43. The number of nitrogens with one attached hydrogen (secondary N) is 1. The predicted molar refractivity (Wildman–Crippen MR) is 92.3 cm³/mol. The average Bonchev–Trinajstić information content (AvgIpc) is 2.38. The van der Waals surface area contributed by atoms with Gasteiger partial charge < -0.3 is 11.5 Å². The van der Waals surface area contributed by atoms with Gasteiger partial charge in [0.05, 0.1) is 9.92 Å². The average molecular weight is 356 g/mol. The SMILES string of the molecule is CC(C)(C)NS(=O)(=O)c1ccc2c(Cl)cnc(N=C(N)N)c2c1. The second-order valence-corrected chi connectivity index (χ2v) is 8.12. The molecule has 0 spiro atoms. The normalized spacial score (nSPS) is 12.3. The number of guanidine groups is 1. The van der Waals surface area contributed by atoms with Crippen LogP contribution in [0, 0.1) is 0 Å². The third-order valence-corrected chi connectivity index (χ3v) is 4.83. The van der Waals surface area contributed by atoms with Crippen LogP contribution in [0.2, 0.25) is 5.02 Å². The fraction of sp³-hybridized carbons (Fsp3) is 0.286. The molecule has 0 unspecified atom stereocenters. The number of hydrogen-bond acceptors (Lipinski definition) is 4. The second-order valence-electron chi connectivity index (χ2n) is 6.03. The minimum atomic E-state index is -3.70. The molecule has 0 fully saturated rings. The summed E-state index contributed by atoms with van der Waals surface area (Å²) in [5.41, 5.74) is 10.2. The topological polar surface area (TPSA) is 123 Å². The maximum atomic E-state index is 12.5. The molecule has 0 aliphatic rings. The van der Waals surface area contributed by atoms with Crippen LogP contribution >= 0.6 is 11.6 Å². The van der Waals surface area contributed by atoms with Crippen molar-refractivity contribution in [1.29, 1.82) is 0 Å². The molecular weight excluding hydrogens is 338 g/mol. The highest BCUT2D eigenvalue weighted by molar-refractivity contribution is 7.89. The first-order valence-corrected chi connectivity index (χ1v) is 8.57. The lowest BCUT2D eigenvalue weighted by atomic mass is 10.1. The molecule has 23 heavy (non-hydrogen) atoms. The zero-order valence-electron chi connectivity index (χ0n) is 13.0. The molecule has 0 aliphatic heterocycles. The van der Waals surface area contributed by atoms with Crippen molar-refractivity contribution in [1.82, 2.24) is 9.71 Å². The van der Waals surface area contributed by atoms with Crippen LogP contribution in [0.3, 0.4) is 0 Å². The number of pyridine rings is 1. The van der Waals surface area contributed by atoms with Crippen molar-refractivity contribution in [2.75, 3.05) is 0 Å². The fourth-order valence-corrected chi connectivity index (χ4v) is 3.67. The maximum Gasteiger partial charge on any atom is 0.241 e. The van der Waals surface area contributed by atoms with Crippen LogP contribution in [0.15, 0.2) is 34.3 Å². The highest BCUT2D eigenvalue weighted by Crippen LogP contribution is 2.31. The molecular formula is C14H18ClN5O2S. The Morgan fingerprint density at radius 1 is 1.26 bits per heavy atom. The van der Waals surface area contributed by atoms with Crippen LogP contribution in [0.1, 0.15) is 20.8 Å². The van der Waals surface area contributed by atoms with Crippen LogP contribution in [-0.2, 0) is 10.0 Å². The maximum absolute atomic E-state index is 12.5. The Kier molecular flexibility index (Phi) is 4.52. The van der Waals surface area contributed by atoms with Crippen molar-refractivity contribution in [3.63, 3.8) is 0 Å². The van der Waals surface area contributed by atoms with Crippen molar-refractivity contribution in [3.8, 4) is 0 Å². The zero-order chi connectivity index (χ0) is 17.4. The number of benzene rings is 1. The fourth-order valence-electron chi connectivity index (χ4n) is 2.01. The van der Waals surface area contributed by atoms with Crippen molar-refractivity contribution in [3.05, 3.63) is 29.4 Å². The highest BCUT2D eigenvalue weighted by Gasteiger charge is 2.22. The molecule has 7 nitrogen and oxygen atoms in total. The molecule has 124 valence electrons. The Morgan fingerprint density at radius 2 is 1.91 bits per heavy atom. The molecule has 1 heterocycles. The summed E-state index contributed by atoms with van der Waals surface area (Å²) in [4.78, 5) is 8.04. The van der Waals surface area contributed by atoms with Gasteiger partial charge in [-0.2, -0.15) is 4.99 Å². The van der Waals surface area contributed by atoms with Crippen LogP contribution in [-0.4, -0.2) is 24.9 Å². The van der Waals surface area contributed by atoms with E-state index in [1.54, 1.807) is 26.8 Å². The molecule has 0 atom stereocenters. The summed E-state index contributed by atoms with van der Waals surface area (Å²) in [5.74, 6) is 0.0272. The minimum absolute atomic E-state index is 0.0797. The van der Waals surface area contributed by atoms with Gasteiger partial charge in [-0.25, -0.2) is 18.1 Å². The molecule has 9 heteroatoms. The Bertz CT molecular complexity index is 884. The molecule has 2 rings (SSSR count). The molecule has 1 aromatic heterocycles. The molecule has 1 aromatic carbocycles. The van der Waals surface area contributed by atoms with Gasteiger partial charge in [-0.3, -0.25) is 0 Å². The van der Waals surface area contributed by atoms with Gasteiger partial charge in [0, 0.05) is 22.5 Å². The summed E-state index contributed by atoms with van der Waals surface area (Å²) in [6.45, 7) is 5.28. The first-order chi connectivity index (χ1) is 10.5. The number of aromatic nitrogens is 1. The van der Waals surface area contributed by atoms with Gasteiger partial charge in [-0.05, 0) is 32.9 Å². The van der Waals surface area contributed by atoms with E-state index in [4.69, 9.17) is 23.1 Å². The van der Waals surface area contributed by atoms with Gasteiger partial charge in [-0.15, -0.1) is 0 Å². The van der Waals surface area contributed by atoms with Crippen LogP contribution in [0.4, 0.5) is 5.82 Å². The number of fused-ring (bicyclic) bond motifs is 1. The largest absolute Gasteiger partial charge is 0.370 e. The number of halogens is 1. The predicted octanol–water partition coefficient (Wildman–Crippen LogP) is 1.87. The Balaban J connectivity index is 2.68. The number of nitrogens with zero attached hydrogens (tertiary/aromatic N) is 2. The van der Waals surface area contributed by atoms with Crippen molar-refractivity contribution in [2.45, 2.75) is 31.2 Å². The number of sulfonamides is 1. The molecule has 0 radical (unpaired) electrons. The van der Waals surface area contributed by atoms with Crippen LogP contribution in [0.5, 0.6) is 0 Å². The van der Waals surface area contributed by atoms with Gasteiger partial charge in [0.25, 0.3) is 0 Å². The van der Waals surface area contributed by atoms with E-state index in [-0.39, 0.29) is 16.7 Å². The van der Waals surface area contributed by atoms with Gasteiger partial charge >= 0.3 is 0 Å². The monoisotopic (exact) mass is 355 g/mol. The number of nitrogens with two attached hydrogens (primary N) is 2. The third kappa shape index (κ3) is 4.10. The summed E-state index contributed by atoms with van der Waals surface area (Å²) in [6.07, 6.45) is 1.41. The van der Waals surface area contributed by atoms with Gasteiger partial charge in [0.15, 0.2) is 11.8 Å². The number of rotatable bonds is 3. The molecule has 0 amide bonds. The minimum Gasteiger partial charge on any atom is -0.370 e. The van der Waals surface area contributed by atoms with Gasteiger partial charge in [-0.1, -0.05) is 17.7 Å². The molecule has 5 N–H and O–H groups in total. The van der Waals surface area contributed by atoms with Crippen molar-refractivity contribution in [2.24, 2.45) is 16.5 Å². The standard InChI is InChI=1S/C14H18ClN5O2S/c1-14(2,3)20-23(21,22)8-4-5-9-10(6-8)12(19-13(16)17)18-7-11(9)15/h4-7,20H,1-3H3,(H4,16,17,18,19). The highest BCUT2D eigenvalue weighted by atomic mass is 35.5. The second kappa shape index (κ2) is 5.95. The lowest BCUT2D eigenvalue weighted by molar-refractivity contribution is 0.491. The summed E-state index contributed by atoms with van der Waals surface area (Å²) >= 11 is 6.10. The summed E-state index contributed by atoms with van der Waals surface area (Å²) in [7, 11) is -3.70. The zero-order valence-corrected chi connectivity index (χ0v) is 14.5. The first-order valence-electron chi connectivity index (χ1n) is 6.71. The Morgan fingerprint density at radius 3 is 2.48 bits per heavy atom. The quantitative estimate of drug-likeness (QED) is 0.572. The molecule has 0 saturated carbocycles. The van der Waals surface area contributed by atoms with E-state index in [0.29, 0.717) is 15.8 Å². The summed E-state index contributed by atoms with van der Waals surface area (Å²) < 4.78 is 27.5. The van der Waals surface area contributed by atoms with E-state index in [1.807, 2.05) is 0 Å². The van der Waals surface area contributed by atoms with Crippen LogP contribution < -0.4 is 16.2 Å². The molecule has 0 aliphatic carbocycles. The van der Waals surface area contributed by atoms with Gasteiger partial charge in [0.1, 0.15) is 0 Å². The van der Waals surface area contributed by atoms with Crippen molar-refractivity contribution >= 4 is 44.2 Å². The van der Waals surface area contributed by atoms with E-state index >= 15 is 0 Å². The lowest BCUT2D eigenvalue weighted by Crippen LogP contribution is -2.40. The van der Waals surface area contributed by atoms with E-state index in [9.17, 15) is 8.42 Å². The van der Waals surface area contributed by atoms with Crippen LogP contribution in [0.25, 0.3) is 10.8 Å². The summed E-state index contributed by atoms with van der Waals surface area (Å²) in [6, 6.07) is 4.52. The smallest absolute Gasteiger partial charge is 0.241 e. The van der Waals surface area contributed by atoms with Gasteiger partial charge in [0.2, 0.25) is 10.0 Å². The van der Waals surface area contributed by atoms with E-state index in [2.05, 4.69) is 14.7 Å². The third-order valence-electron chi connectivity index (χ3n) is 2.78. The molecule has 2 aromatic rings. The Hall–Kier alpha value is -1.90. The number of aliphatic imine (C=N–C) groups is 1. The molecule has 0 saturated heterocycles. The lowest BCUT2D eigenvalue weighted by Gasteiger charge is -2.20. The van der Waals surface area contributed by atoms with Crippen molar-refractivity contribution < 1.29 is 8.42 Å². The first kappa shape index (κ1) is 17.5. The van der Waals surface area contributed by atoms with E-state index in [0.717, 1.165) is 0 Å². The van der Waals surface area contributed by atoms with E-state index < -0.39 is 15.6 Å². The van der Waals surface area contributed by atoms with E-state index in [1.165, 1.54) is 18.3 Å². The number of hydrogen-bond donors (Lipinski definition) is 3. The molecule has 0 bridgehead atoms.